The molecular weight excluding hydrogens is 484 g/mol. The fraction of sp³-hybridized carbons (Fsp3) is 0.300. The van der Waals surface area contributed by atoms with Crippen molar-refractivity contribution in [3.05, 3.63) is 81.0 Å². The standard InChI is InChI=1S/C30H31N2O6/c1-6-21-22-10-11-26(35-3)30(38-17-20-8-7-9-25(18(20)2)32(33)34)24(22)16-31-13-12-19-14-27(36-4)28(37-5)15-23(19)29(21)31/h7-11,14-16H,6,12-13,17H2,1-5H3/q+1. The number of nitrogens with zero attached hydrogens (tertiary/aromatic N) is 2. The van der Waals surface area contributed by atoms with Crippen LogP contribution >= 0.6 is 0 Å². The molecule has 0 spiro atoms. The molecule has 196 valence electrons. The van der Waals surface area contributed by atoms with Gasteiger partial charge in [0.1, 0.15) is 6.61 Å². The Labute approximate surface area is 221 Å². The van der Waals surface area contributed by atoms with Crippen molar-refractivity contribution >= 4 is 16.5 Å². The van der Waals surface area contributed by atoms with Crippen LogP contribution in [0.15, 0.2) is 48.7 Å². The minimum Gasteiger partial charge on any atom is -0.493 e. The molecule has 2 heterocycles. The highest BCUT2D eigenvalue weighted by molar-refractivity contribution is 5.95. The summed E-state index contributed by atoms with van der Waals surface area (Å²) in [6, 6.07) is 13.2. The summed E-state index contributed by atoms with van der Waals surface area (Å²) < 4.78 is 25.5. The van der Waals surface area contributed by atoms with Gasteiger partial charge in [-0.1, -0.05) is 19.1 Å². The highest BCUT2D eigenvalue weighted by atomic mass is 16.6. The van der Waals surface area contributed by atoms with Gasteiger partial charge < -0.3 is 18.9 Å². The van der Waals surface area contributed by atoms with E-state index in [0.29, 0.717) is 22.8 Å². The second-order valence-electron chi connectivity index (χ2n) is 9.28. The van der Waals surface area contributed by atoms with E-state index in [-0.39, 0.29) is 17.2 Å². The lowest BCUT2D eigenvalue weighted by Crippen LogP contribution is -2.41. The van der Waals surface area contributed by atoms with Gasteiger partial charge in [0.2, 0.25) is 5.69 Å². The number of nitro groups is 1. The van der Waals surface area contributed by atoms with Crippen LogP contribution in [0.5, 0.6) is 23.0 Å². The van der Waals surface area contributed by atoms with Gasteiger partial charge in [0, 0.05) is 29.0 Å². The van der Waals surface area contributed by atoms with E-state index in [1.165, 1.54) is 17.2 Å². The first kappa shape index (κ1) is 25.3. The Morgan fingerprint density at radius 3 is 2.39 bits per heavy atom. The van der Waals surface area contributed by atoms with Crippen molar-refractivity contribution in [1.82, 2.24) is 0 Å². The molecule has 0 amide bonds. The SMILES string of the molecule is CCc1c2[n+](cc3c(OCc4cccc([N+](=O)[O-])c4C)c(OC)ccc13)CCc1cc(OC)c(OC)cc1-2. The molecule has 0 aliphatic carbocycles. The van der Waals surface area contributed by atoms with Gasteiger partial charge in [0.05, 0.1) is 37.2 Å². The van der Waals surface area contributed by atoms with Crippen LogP contribution in [-0.4, -0.2) is 26.3 Å². The number of aryl methyl sites for hydroxylation is 3. The topological polar surface area (TPSA) is 83.9 Å². The molecule has 0 N–H and O–H groups in total. The van der Waals surface area contributed by atoms with Crippen molar-refractivity contribution in [2.45, 2.75) is 39.8 Å². The molecule has 0 radical (unpaired) electrons. The molecule has 8 nitrogen and oxygen atoms in total. The second-order valence-corrected chi connectivity index (χ2v) is 9.28. The number of benzene rings is 3. The van der Waals surface area contributed by atoms with E-state index in [4.69, 9.17) is 18.9 Å². The maximum Gasteiger partial charge on any atom is 0.272 e. The first-order valence-corrected chi connectivity index (χ1v) is 12.6. The van der Waals surface area contributed by atoms with Crippen LogP contribution < -0.4 is 23.5 Å². The molecule has 5 rings (SSSR count). The Hall–Kier alpha value is -4.33. The summed E-state index contributed by atoms with van der Waals surface area (Å²) in [5.74, 6) is 2.67. The normalized spacial score (nSPS) is 12.0. The van der Waals surface area contributed by atoms with Gasteiger partial charge in [-0.05, 0) is 48.7 Å². The minimum atomic E-state index is -0.365. The Kier molecular flexibility index (Phi) is 6.80. The predicted molar refractivity (Wildman–Crippen MR) is 144 cm³/mol. The fourth-order valence-electron chi connectivity index (χ4n) is 5.42. The van der Waals surface area contributed by atoms with E-state index < -0.39 is 0 Å². The highest BCUT2D eigenvalue weighted by Crippen LogP contribution is 2.43. The van der Waals surface area contributed by atoms with Crippen molar-refractivity contribution in [2.75, 3.05) is 21.3 Å². The summed E-state index contributed by atoms with van der Waals surface area (Å²) in [6.45, 7) is 4.90. The Balaban J connectivity index is 1.66. The zero-order chi connectivity index (χ0) is 27.0. The molecule has 8 heteroatoms. The van der Waals surface area contributed by atoms with Crippen molar-refractivity contribution < 1.29 is 28.4 Å². The van der Waals surface area contributed by atoms with Gasteiger partial charge in [-0.15, -0.1) is 0 Å². The number of rotatable bonds is 8. The van der Waals surface area contributed by atoms with Gasteiger partial charge >= 0.3 is 0 Å². The number of pyridine rings is 1. The zero-order valence-electron chi connectivity index (χ0n) is 22.3. The number of hydrogen-bond acceptors (Lipinski definition) is 6. The van der Waals surface area contributed by atoms with Crippen LogP contribution in [0.1, 0.15) is 29.2 Å². The van der Waals surface area contributed by atoms with E-state index in [1.54, 1.807) is 34.3 Å². The third-order valence-electron chi connectivity index (χ3n) is 7.39. The van der Waals surface area contributed by atoms with E-state index in [0.717, 1.165) is 52.7 Å². The van der Waals surface area contributed by atoms with Crippen LogP contribution in [0, 0.1) is 17.0 Å². The van der Waals surface area contributed by atoms with Crippen molar-refractivity contribution in [3.8, 4) is 34.3 Å². The van der Waals surface area contributed by atoms with Crippen molar-refractivity contribution in [1.29, 1.82) is 0 Å². The number of hydrogen-bond donors (Lipinski definition) is 0. The third kappa shape index (κ3) is 4.16. The number of ether oxygens (including phenoxy) is 4. The molecule has 0 saturated carbocycles. The first-order chi connectivity index (χ1) is 18.4. The lowest BCUT2D eigenvalue weighted by atomic mass is 9.90. The van der Waals surface area contributed by atoms with Crippen LogP contribution in [0.4, 0.5) is 5.69 Å². The highest BCUT2D eigenvalue weighted by Gasteiger charge is 2.31. The molecule has 1 aliphatic rings. The molecule has 0 fully saturated rings. The molecule has 0 unspecified atom stereocenters. The van der Waals surface area contributed by atoms with E-state index >= 15 is 0 Å². The average Bonchev–Trinajstić information content (AvgIpc) is 2.94. The third-order valence-corrected chi connectivity index (χ3v) is 7.39. The molecule has 0 atom stereocenters. The number of methoxy groups -OCH3 is 3. The van der Waals surface area contributed by atoms with Gasteiger partial charge in [-0.3, -0.25) is 10.1 Å². The molecule has 3 aromatic carbocycles. The van der Waals surface area contributed by atoms with Crippen molar-refractivity contribution in [2.24, 2.45) is 0 Å². The van der Waals surface area contributed by atoms with Crippen molar-refractivity contribution in [3.63, 3.8) is 0 Å². The van der Waals surface area contributed by atoms with E-state index in [1.807, 2.05) is 12.1 Å². The molecule has 4 aromatic rings. The van der Waals surface area contributed by atoms with E-state index in [9.17, 15) is 10.1 Å². The van der Waals surface area contributed by atoms with Gasteiger partial charge in [-0.2, -0.15) is 4.57 Å². The van der Waals surface area contributed by atoms with Gasteiger partial charge in [0.15, 0.2) is 35.7 Å². The zero-order valence-corrected chi connectivity index (χ0v) is 22.3. The summed E-state index contributed by atoms with van der Waals surface area (Å²) in [4.78, 5) is 11.1. The predicted octanol–water partition coefficient (Wildman–Crippen LogP) is 5.73. The number of nitro benzene ring substituents is 1. The largest absolute Gasteiger partial charge is 0.493 e. The maximum atomic E-state index is 11.4. The van der Waals surface area contributed by atoms with Crippen LogP contribution in [0.3, 0.4) is 0 Å². The van der Waals surface area contributed by atoms with Crippen LogP contribution in [-0.2, 0) is 26.0 Å². The molecule has 1 aliphatic heterocycles. The minimum absolute atomic E-state index is 0.0830. The van der Waals surface area contributed by atoms with Crippen LogP contribution in [0.25, 0.3) is 22.0 Å². The molecule has 0 saturated heterocycles. The summed E-state index contributed by atoms with van der Waals surface area (Å²) in [6.07, 6.45) is 3.80. The summed E-state index contributed by atoms with van der Waals surface area (Å²) in [5.41, 5.74) is 6.16. The maximum absolute atomic E-state index is 11.4. The first-order valence-electron chi connectivity index (χ1n) is 12.6. The second kappa shape index (κ2) is 10.2. The molecular formula is C30H31N2O6+. The number of aromatic nitrogens is 1. The lowest BCUT2D eigenvalue weighted by molar-refractivity contribution is -0.686. The van der Waals surface area contributed by atoms with E-state index in [2.05, 4.69) is 35.9 Å². The monoisotopic (exact) mass is 515 g/mol. The Morgan fingerprint density at radius 2 is 1.71 bits per heavy atom. The molecule has 0 bridgehead atoms. The fourth-order valence-corrected chi connectivity index (χ4v) is 5.42. The summed E-state index contributed by atoms with van der Waals surface area (Å²) in [7, 11) is 4.93. The smallest absolute Gasteiger partial charge is 0.272 e. The van der Waals surface area contributed by atoms with Gasteiger partial charge in [-0.25, -0.2) is 0 Å². The number of fused-ring (bicyclic) bond motifs is 4. The summed E-state index contributed by atoms with van der Waals surface area (Å²) in [5, 5.41) is 13.4. The van der Waals surface area contributed by atoms with Gasteiger partial charge in [0.25, 0.3) is 5.69 Å². The Bertz CT molecular complexity index is 1560. The summed E-state index contributed by atoms with van der Waals surface area (Å²) >= 11 is 0. The molecule has 1 aromatic heterocycles. The molecule has 38 heavy (non-hydrogen) atoms. The lowest BCUT2D eigenvalue weighted by Gasteiger charge is -2.22. The average molecular weight is 516 g/mol. The quantitative estimate of drug-likeness (QED) is 0.169. The Morgan fingerprint density at radius 1 is 0.974 bits per heavy atom. The van der Waals surface area contributed by atoms with Crippen LogP contribution in [0.2, 0.25) is 0 Å².